The summed E-state index contributed by atoms with van der Waals surface area (Å²) in [6, 6.07) is 0. The Bertz CT molecular complexity index is 238. The molecule has 3 heteroatoms. The Morgan fingerprint density at radius 3 is 2.76 bits per heavy atom. The number of hydrogen-bond donors (Lipinski definition) is 2. The molecule has 3 atom stereocenters. The second-order valence-electron chi connectivity index (χ2n) is 6.55. The zero-order valence-corrected chi connectivity index (χ0v) is 11.4. The van der Waals surface area contributed by atoms with Gasteiger partial charge in [-0.3, -0.25) is 0 Å². The fourth-order valence-corrected chi connectivity index (χ4v) is 3.52. The molecule has 17 heavy (non-hydrogen) atoms. The van der Waals surface area contributed by atoms with Crippen LogP contribution in [-0.2, 0) is 0 Å². The van der Waals surface area contributed by atoms with Crippen molar-refractivity contribution in [3.8, 4) is 0 Å². The van der Waals surface area contributed by atoms with Crippen molar-refractivity contribution in [2.75, 3.05) is 33.2 Å². The van der Waals surface area contributed by atoms with E-state index in [1.165, 1.54) is 25.7 Å². The van der Waals surface area contributed by atoms with Crippen LogP contribution in [-0.4, -0.2) is 49.3 Å². The number of aliphatic hydroxyl groups excluding tert-OH is 1. The van der Waals surface area contributed by atoms with Gasteiger partial charge in [-0.05, 0) is 44.2 Å². The van der Waals surface area contributed by atoms with E-state index in [4.69, 9.17) is 0 Å². The van der Waals surface area contributed by atoms with Crippen LogP contribution in [0.25, 0.3) is 0 Å². The minimum Gasteiger partial charge on any atom is -0.393 e. The van der Waals surface area contributed by atoms with Crippen LogP contribution in [0.3, 0.4) is 0 Å². The van der Waals surface area contributed by atoms with Crippen LogP contribution >= 0.6 is 0 Å². The second-order valence-corrected chi connectivity index (χ2v) is 6.55. The number of rotatable bonds is 4. The van der Waals surface area contributed by atoms with Crippen molar-refractivity contribution in [3.63, 3.8) is 0 Å². The molecule has 0 bridgehead atoms. The summed E-state index contributed by atoms with van der Waals surface area (Å²) in [7, 11) is 2.21. The van der Waals surface area contributed by atoms with Gasteiger partial charge in [0, 0.05) is 19.6 Å². The minimum atomic E-state index is -0.0549. The van der Waals surface area contributed by atoms with Crippen LogP contribution in [0.15, 0.2) is 0 Å². The maximum absolute atomic E-state index is 10.0. The largest absolute Gasteiger partial charge is 0.393 e. The third kappa shape index (κ3) is 3.67. The Balaban J connectivity index is 1.77. The number of nitrogens with one attached hydrogen (secondary N) is 1. The highest BCUT2D eigenvalue weighted by Gasteiger charge is 2.31. The fourth-order valence-electron chi connectivity index (χ4n) is 3.52. The molecule has 2 N–H and O–H groups in total. The first kappa shape index (κ1) is 13.3. The average molecular weight is 240 g/mol. The lowest BCUT2D eigenvalue weighted by Crippen LogP contribution is -2.40. The van der Waals surface area contributed by atoms with Crippen molar-refractivity contribution in [3.05, 3.63) is 0 Å². The van der Waals surface area contributed by atoms with Crippen LogP contribution in [0.1, 0.15) is 39.0 Å². The summed E-state index contributed by atoms with van der Waals surface area (Å²) in [6.07, 6.45) is 5.96. The fraction of sp³-hybridized carbons (Fsp3) is 1.00. The quantitative estimate of drug-likeness (QED) is 0.781. The van der Waals surface area contributed by atoms with Gasteiger partial charge in [0.25, 0.3) is 0 Å². The molecule has 1 aliphatic heterocycles. The normalized spacial score (nSPS) is 38.8. The van der Waals surface area contributed by atoms with Gasteiger partial charge >= 0.3 is 0 Å². The molecule has 2 rings (SSSR count). The van der Waals surface area contributed by atoms with E-state index in [0.29, 0.717) is 11.3 Å². The van der Waals surface area contributed by atoms with E-state index in [2.05, 4.69) is 24.2 Å². The molecule has 0 aromatic carbocycles. The number of nitrogens with zero attached hydrogens (tertiary/aromatic N) is 1. The van der Waals surface area contributed by atoms with E-state index in [0.717, 1.165) is 32.6 Å². The lowest BCUT2D eigenvalue weighted by Gasteiger charge is -2.35. The van der Waals surface area contributed by atoms with Crippen molar-refractivity contribution < 1.29 is 5.11 Å². The molecular formula is C14H28N2O. The molecule has 0 radical (unpaired) electrons. The van der Waals surface area contributed by atoms with Crippen molar-refractivity contribution in [1.29, 1.82) is 0 Å². The molecule has 1 aliphatic carbocycles. The lowest BCUT2D eigenvalue weighted by molar-refractivity contribution is 0.0447. The first-order chi connectivity index (χ1) is 8.09. The van der Waals surface area contributed by atoms with Gasteiger partial charge in [-0.2, -0.15) is 0 Å². The van der Waals surface area contributed by atoms with Crippen LogP contribution in [0.5, 0.6) is 0 Å². The Hall–Kier alpha value is -0.120. The summed E-state index contributed by atoms with van der Waals surface area (Å²) in [5.41, 5.74) is 0.439. The van der Waals surface area contributed by atoms with E-state index in [-0.39, 0.29) is 6.10 Å². The molecule has 1 heterocycles. The third-order valence-corrected chi connectivity index (χ3v) is 4.52. The van der Waals surface area contributed by atoms with Crippen LogP contribution in [0.4, 0.5) is 0 Å². The Morgan fingerprint density at radius 2 is 2.12 bits per heavy atom. The van der Waals surface area contributed by atoms with E-state index < -0.39 is 0 Å². The van der Waals surface area contributed by atoms with Gasteiger partial charge < -0.3 is 15.3 Å². The molecule has 2 fully saturated rings. The maximum Gasteiger partial charge on any atom is 0.0580 e. The smallest absolute Gasteiger partial charge is 0.0580 e. The molecular weight excluding hydrogens is 212 g/mol. The molecule has 0 spiro atoms. The Labute approximate surface area is 106 Å². The highest BCUT2D eigenvalue weighted by Crippen LogP contribution is 2.28. The van der Waals surface area contributed by atoms with Crippen LogP contribution in [0.2, 0.25) is 0 Å². The van der Waals surface area contributed by atoms with Gasteiger partial charge in [-0.15, -0.1) is 0 Å². The van der Waals surface area contributed by atoms with Crippen molar-refractivity contribution >= 4 is 0 Å². The van der Waals surface area contributed by atoms with Gasteiger partial charge in [-0.25, -0.2) is 0 Å². The zero-order chi connectivity index (χ0) is 12.3. The Kier molecular flexibility index (Phi) is 4.45. The SMILES string of the molecule is CN(CC1CCCCC1O)CC1(C)CCNC1. The Morgan fingerprint density at radius 1 is 1.35 bits per heavy atom. The number of hydrogen-bond acceptors (Lipinski definition) is 3. The molecule has 2 aliphatic rings. The van der Waals surface area contributed by atoms with E-state index in [1.807, 2.05) is 0 Å². The summed E-state index contributed by atoms with van der Waals surface area (Å²) in [5.74, 6) is 0.506. The molecule has 0 aromatic heterocycles. The van der Waals surface area contributed by atoms with Crippen molar-refractivity contribution in [2.24, 2.45) is 11.3 Å². The predicted octanol–water partition coefficient (Wildman–Crippen LogP) is 1.47. The van der Waals surface area contributed by atoms with Gasteiger partial charge in [0.05, 0.1) is 6.10 Å². The van der Waals surface area contributed by atoms with Gasteiger partial charge in [-0.1, -0.05) is 19.8 Å². The standard InChI is InChI=1S/C14H28N2O/c1-14(7-8-15-10-14)11-16(2)9-12-5-3-4-6-13(12)17/h12-13,15,17H,3-11H2,1-2H3. The topological polar surface area (TPSA) is 35.5 Å². The number of aliphatic hydroxyl groups is 1. The van der Waals surface area contributed by atoms with Crippen molar-refractivity contribution in [2.45, 2.75) is 45.1 Å². The second kappa shape index (κ2) is 5.68. The summed E-state index contributed by atoms with van der Waals surface area (Å²) < 4.78 is 0. The molecule has 1 saturated heterocycles. The van der Waals surface area contributed by atoms with Crippen molar-refractivity contribution in [1.82, 2.24) is 10.2 Å². The summed E-state index contributed by atoms with van der Waals surface area (Å²) in [4.78, 5) is 2.44. The van der Waals surface area contributed by atoms with Crippen LogP contribution < -0.4 is 5.32 Å². The summed E-state index contributed by atoms with van der Waals surface area (Å²) in [6.45, 7) is 6.90. The highest BCUT2D eigenvalue weighted by molar-refractivity contribution is 4.87. The monoisotopic (exact) mass is 240 g/mol. The van der Waals surface area contributed by atoms with Gasteiger partial charge in [0.15, 0.2) is 0 Å². The van der Waals surface area contributed by atoms with Crippen LogP contribution in [0, 0.1) is 11.3 Å². The molecule has 0 amide bonds. The average Bonchev–Trinajstić information content (AvgIpc) is 2.68. The predicted molar refractivity (Wildman–Crippen MR) is 71.1 cm³/mol. The first-order valence-electron chi connectivity index (χ1n) is 7.16. The van der Waals surface area contributed by atoms with E-state index >= 15 is 0 Å². The van der Waals surface area contributed by atoms with E-state index in [9.17, 15) is 5.11 Å². The summed E-state index contributed by atoms with van der Waals surface area (Å²) in [5, 5.41) is 13.5. The maximum atomic E-state index is 10.0. The molecule has 0 aromatic rings. The van der Waals surface area contributed by atoms with E-state index in [1.54, 1.807) is 0 Å². The molecule has 1 saturated carbocycles. The molecule has 3 unspecified atom stereocenters. The molecule has 100 valence electrons. The first-order valence-corrected chi connectivity index (χ1v) is 7.16. The third-order valence-electron chi connectivity index (χ3n) is 4.52. The lowest BCUT2D eigenvalue weighted by atomic mass is 9.85. The van der Waals surface area contributed by atoms with Gasteiger partial charge in [0.1, 0.15) is 0 Å². The minimum absolute atomic E-state index is 0.0549. The zero-order valence-electron chi connectivity index (χ0n) is 11.4. The van der Waals surface area contributed by atoms with Gasteiger partial charge in [0.2, 0.25) is 0 Å². The summed E-state index contributed by atoms with van der Waals surface area (Å²) >= 11 is 0. The molecule has 3 nitrogen and oxygen atoms in total. The highest BCUT2D eigenvalue weighted by atomic mass is 16.3.